The van der Waals surface area contributed by atoms with Gasteiger partial charge in [0, 0.05) is 19.1 Å². The van der Waals surface area contributed by atoms with Crippen LogP contribution in [0.25, 0.3) is 0 Å². The van der Waals surface area contributed by atoms with E-state index in [2.05, 4.69) is 4.90 Å². The maximum absolute atomic E-state index is 12.9. The van der Waals surface area contributed by atoms with E-state index in [0.717, 1.165) is 31.5 Å². The van der Waals surface area contributed by atoms with E-state index in [4.69, 9.17) is 0 Å². The molecule has 1 aromatic rings. The van der Waals surface area contributed by atoms with Crippen LogP contribution in [0, 0.1) is 5.82 Å². The van der Waals surface area contributed by atoms with Gasteiger partial charge in [-0.2, -0.15) is 0 Å². The average molecular weight is 290 g/mol. The van der Waals surface area contributed by atoms with Crippen molar-refractivity contribution >= 4 is 5.91 Å². The number of rotatable bonds is 4. The molecule has 114 valence electrons. The van der Waals surface area contributed by atoms with Crippen LogP contribution in [0.2, 0.25) is 0 Å². The van der Waals surface area contributed by atoms with Crippen LogP contribution >= 0.6 is 0 Å². The molecule has 1 aromatic carbocycles. The molecule has 0 aromatic heterocycles. The molecule has 0 aliphatic carbocycles. The van der Waals surface area contributed by atoms with Crippen molar-refractivity contribution in [1.29, 1.82) is 0 Å². The Kier molecular flexibility index (Phi) is 4.54. The normalized spacial score (nSPS) is 22.9. The Morgan fingerprint density at radius 3 is 2.52 bits per heavy atom. The fraction of sp³-hybridized carbons (Fsp3) is 0.588. The Balaban J connectivity index is 1.58. The third-order valence-corrected chi connectivity index (χ3v) is 4.63. The molecule has 2 aliphatic rings. The van der Waals surface area contributed by atoms with E-state index in [1.165, 1.54) is 38.1 Å². The largest absolute Gasteiger partial charge is 0.338 e. The smallest absolute Gasteiger partial charge is 0.227 e. The quantitative estimate of drug-likeness (QED) is 0.850. The molecule has 3 nitrogen and oxygen atoms in total. The van der Waals surface area contributed by atoms with Crippen LogP contribution in [-0.2, 0) is 11.2 Å². The first kappa shape index (κ1) is 14.5. The van der Waals surface area contributed by atoms with Crippen LogP contribution in [-0.4, -0.2) is 47.9 Å². The second-order valence-corrected chi connectivity index (χ2v) is 6.19. The third kappa shape index (κ3) is 3.62. The Morgan fingerprint density at radius 1 is 1.10 bits per heavy atom. The zero-order valence-corrected chi connectivity index (χ0v) is 12.4. The lowest BCUT2D eigenvalue weighted by Crippen LogP contribution is -2.43. The Labute approximate surface area is 125 Å². The summed E-state index contributed by atoms with van der Waals surface area (Å²) in [5.74, 6) is -0.0670. The van der Waals surface area contributed by atoms with Gasteiger partial charge in [0.25, 0.3) is 0 Å². The lowest BCUT2D eigenvalue weighted by molar-refractivity contribution is -0.131. The van der Waals surface area contributed by atoms with Gasteiger partial charge in [0.2, 0.25) is 5.91 Å². The monoisotopic (exact) mass is 290 g/mol. The van der Waals surface area contributed by atoms with Crippen molar-refractivity contribution in [2.24, 2.45) is 0 Å². The number of carbonyl (C=O) groups is 1. The summed E-state index contributed by atoms with van der Waals surface area (Å²) < 4.78 is 12.9. The van der Waals surface area contributed by atoms with E-state index < -0.39 is 0 Å². The Bertz CT molecular complexity index is 482. The fourth-order valence-electron chi connectivity index (χ4n) is 3.50. The molecule has 1 unspecified atom stereocenters. The van der Waals surface area contributed by atoms with E-state index >= 15 is 0 Å². The van der Waals surface area contributed by atoms with Crippen molar-refractivity contribution in [2.45, 2.75) is 38.1 Å². The molecule has 0 N–H and O–H groups in total. The van der Waals surface area contributed by atoms with Gasteiger partial charge in [-0.3, -0.25) is 4.79 Å². The first-order chi connectivity index (χ1) is 10.2. The molecule has 1 amide bonds. The lowest BCUT2D eigenvalue weighted by atomic mass is 10.1. The molecule has 4 heteroatoms. The zero-order chi connectivity index (χ0) is 14.7. The van der Waals surface area contributed by atoms with Crippen molar-refractivity contribution < 1.29 is 9.18 Å². The summed E-state index contributed by atoms with van der Waals surface area (Å²) in [5.41, 5.74) is 0.897. The summed E-state index contributed by atoms with van der Waals surface area (Å²) in [4.78, 5) is 17.0. The molecule has 1 atom stereocenters. The van der Waals surface area contributed by atoms with Crippen molar-refractivity contribution in [1.82, 2.24) is 9.80 Å². The molecule has 0 saturated carbocycles. The molecular formula is C17H23FN2O. The van der Waals surface area contributed by atoms with Gasteiger partial charge in [-0.15, -0.1) is 0 Å². The highest BCUT2D eigenvalue weighted by Crippen LogP contribution is 2.21. The number of halogens is 1. The van der Waals surface area contributed by atoms with Crippen molar-refractivity contribution in [3.63, 3.8) is 0 Å². The minimum absolute atomic E-state index is 0.184. The van der Waals surface area contributed by atoms with Crippen LogP contribution in [0.5, 0.6) is 0 Å². The van der Waals surface area contributed by atoms with Gasteiger partial charge in [0.1, 0.15) is 5.82 Å². The fourth-order valence-corrected chi connectivity index (χ4v) is 3.50. The molecule has 2 aliphatic heterocycles. The average Bonchev–Trinajstić information content (AvgIpc) is 3.13. The Morgan fingerprint density at radius 2 is 1.81 bits per heavy atom. The van der Waals surface area contributed by atoms with Gasteiger partial charge in [-0.25, -0.2) is 4.39 Å². The van der Waals surface area contributed by atoms with Crippen LogP contribution < -0.4 is 0 Å². The van der Waals surface area contributed by atoms with E-state index in [9.17, 15) is 9.18 Å². The minimum atomic E-state index is -0.251. The molecule has 0 radical (unpaired) electrons. The number of carbonyl (C=O) groups excluding carboxylic acids is 1. The highest BCUT2D eigenvalue weighted by atomic mass is 19.1. The van der Waals surface area contributed by atoms with Gasteiger partial charge in [-0.05, 0) is 56.5 Å². The number of amides is 1. The third-order valence-electron chi connectivity index (χ3n) is 4.63. The van der Waals surface area contributed by atoms with Crippen molar-refractivity contribution in [2.75, 3.05) is 26.2 Å². The van der Waals surface area contributed by atoms with E-state index in [0.29, 0.717) is 12.5 Å². The summed E-state index contributed by atoms with van der Waals surface area (Å²) >= 11 is 0. The maximum atomic E-state index is 12.9. The second kappa shape index (κ2) is 6.56. The molecule has 2 saturated heterocycles. The van der Waals surface area contributed by atoms with Gasteiger partial charge < -0.3 is 9.80 Å². The summed E-state index contributed by atoms with van der Waals surface area (Å²) in [5, 5.41) is 0. The topological polar surface area (TPSA) is 23.6 Å². The summed E-state index contributed by atoms with van der Waals surface area (Å²) in [7, 11) is 0. The maximum Gasteiger partial charge on any atom is 0.227 e. The first-order valence-corrected chi connectivity index (χ1v) is 7.98. The predicted octanol–water partition coefficient (Wildman–Crippen LogP) is 2.46. The van der Waals surface area contributed by atoms with E-state index in [1.54, 1.807) is 12.1 Å². The van der Waals surface area contributed by atoms with Crippen molar-refractivity contribution in [3.05, 3.63) is 35.6 Å². The van der Waals surface area contributed by atoms with Crippen molar-refractivity contribution in [3.8, 4) is 0 Å². The van der Waals surface area contributed by atoms with Crippen LogP contribution in [0.3, 0.4) is 0 Å². The van der Waals surface area contributed by atoms with Gasteiger partial charge >= 0.3 is 0 Å². The zero-order valence-electron chi connectivity index (χ0n) is 12.4. The molecule has 3 rings (SSSR count). The molecule has 2 heterocycles. The number of likely N-dealkylation sites (tertiary alicyclic amines) is 2. The molecule has 0 bridgehead atoms. The molecule has 2 fully saturated rings. The number of benzene rings is 1. The second-order valence-electron chi connectivity index (χ2n) is 6.19. The predicted molar refractivity (Wildman–Crippen MR) is 80.5 cm³/mol. The van der Waals surface area contributed by atoms with Gasteiger partial charge in [0.15, 0.2) is 0 Å². The SMILES string of the molecule is O=C(Cc1ccc(F)cc1)N1CCCC1CN1CCCC1. The first-order valence-electron chi connectivity index (χ1n) is 7.98. The molecule has 0 spiro atoms. The molecule has 21 heavy (non-hydrogen) atoms. The summed E-state index contributed by atoms with van der Waals surface area (Å²) in [6.45, 7) is 4.25. The van der Waals surface area contributed by atoms with Crippen LogP contribution in [0.4, 0.5) is 4.39 Å². The number of hydrogen-bond donors (Lipinski definition) is 0. The van der Waals surface area contributed by atoms with E-state index in [-0.39, 0.29) is 11.7 Å². The van der Waals surface area contributed by atoms with Gasteiger partial charge in [0.05, 0.1) is 6.42 Å². The number of nitrogens with zero attached hydrogens (tertiary/aromatic N) is 2. The standard InChI is InChI=1S/C17H23FN2O/c18-15-7-5-14(6-8-15)12-17(21)20-11-3-4-16(20)13-19-9-1-2-10-19/h5-8,16H,1-4,9-13H2. The molecular weight excluding hydrogens is 267 g/mol. The van der Waals surface area contributed by atoms with E-state index in [1.807, 2.05) is 4.90 Å². The summed E-state index contributed by atoms with van der Waals surface area (Å²) in [6.07, 6.45) is 5.18. The minimum Gasteiger partial charge on any atom is -0.338 e. The Hall–Kier alpha value is -1.42. The van der Waals surface area contributed by atoms with Crippen LogP contribution in [0.1, 0.15) is 31.2 Å². The summed E-state index contributed by atoms with van der Waals surface area (Å²) in [6, 6.07) is 6.64. The highest BCUT2D eigenvalue weighted by Gasteiger charge is 2.30. The highest BCUT2D eigenvalue weighted by molar-refractivity contribution is 5.79. The van der Waals surface area contributed by atoms with Crippen LogP contribution in [0.15, 0.2) is 24.3 Å². The van der Waals surface area contributed by atoms with Gasteiger partial charge in [-0.1, -0.05) is 12.1 Å². The lowest BCUT2D eigenvalue weighted by Gasteiger charge is -2.28. The number of hydrogen-bond acceptors (Lipinski definition) is 2.